The molecule has 0 saturated heterocycles. The molecule has 0 amide bonds. The Morgan fingerprint density at radius 1 is 1.00 bits per heavy atom. The van der Waals surface area contributed by atoms with Gasteiger partial charge in [0.25, 0.3) is 5.56 Å². The fourth-order valence-electron chi connectivity index (χ4n) is 2.80. The molecule has 0 saturated carbocycles. The van der Waals surface area contributed by atoms with E-state index in [2.05, 4.69) is 0 Å². The van der Waals surface area contributed by atoms with Gasteiger partial charge in [0.15, 0.2) is 0 Å². The minimum atomic E-state index is -4.92. The number of nitriles is 1. The van der Waals surface area contributed by atoms with Gasteiger partial charge >= 0.3 is 6.18 Å². The van der Waals surface area contributed by atoms with E-state index in [1.54, 1.807) is 18.2 Å². The Bertz CT molecular complexity index is 1130. The molecule has 0 fully saturated rings. The molecule has 0 aliphatic rings. The SMILES string of the molecule is N#Cc1c(C(F)(F)F)cc(-c2ccccc2)n(Cc2ccc(F)cc2F)c1=O. The maximum Gasteiger partial charge on any atom is 0.417 e. The Balaban J connectivity index is 2.31. The summed E-state index contributed by atoms with van der Waals surface area (Å²) in [5.74, 6) is -1.79. The Morgan fingerprint density at radius 2 is 1.68 bits per heavy atom. The second-order valence-electron chi connectivity index (χ2n) is 5.92. The maximum atomic E-state index is 14.1. The third-order valence-electron chi connectivity index (χ3n) is 4.13. The molecule has 142 valence electrons. The van der Waals surface area contributed by atoms with E-state index in [1.807, 2.05) is 0 Å². The number of benzene rings is 2. The van der Waals surface area contributed by atoms with Gasteiger partial charge in [-0.1, -0.05) is 36.4 Å². The van der Waals surface area contributed by atoms with E-state index >= 15 is 0 Å². The van der Waals surface area contributed by atoms with Gasteiger partial charge in [0.2, 0.25) is 0 Å². The third-order valence-corrected chi connectivity index (χ3v) is 4.13. The smallest absolute Gasteiger partial charge is 0.303 e. The molecule has 3 nitrogen and oxygen atoms in total. The van der Waals surface area contributed by atoms with Crippen LogP contribution in [0.1, 0.15) is 16.7 Å². The van der Waals surface area contributed by atoms with Crippen molar-refractivity contribution in [1.82, 2.24) is 4.57 Å². The van der Waals surface area contributed by atoms with Crippen molar-refractivity contribution in [2.45, 2.75) is 12.7 Å². The average Bonchev–Trinajstić information content (AvgIpc) is 2.64. The molecule has 0 aliphatic heterocycles. The van der Waals surface area contributed by atoms with Crippen LogP contribution in [0.2, 0.25) is 0 Å². The summed E-state index contributed by atoms with van der Waals surface area (Å²) in [7, 11) is 0. The first-order valence-electron chi connectivity index (χ1n) is 7.97. The highest BCUT2D eigenvalue weighted by Gasteiger charge is 2.36. The number of rotatable bonds is 3. The molecule has 1 aromatic heterocycles. The quantitative estimate of drug-likeness (QED) is 0.607. The van der Waals surface area contributed by atoms with Crippen LogP contribution in [0.5, 0.6) is 0 Å². The molecule has 0 bridgehead atoms. The van der Waals surface area contributed by atoms with Crippen LogP contribution in [0, 0.1) is 23.0 Å². The molecule has 0 aliphatic carbocycles. The molecular formula is C20H11F5N2O. The highest BCUT2D eigenvalue weighted by molar-refractivity contribution is 5.62. The zero-order valence-corrected chi connectivity index (χ0v) is 14.1. The van der Waals surface area contributed by atoms with Gasteiger partial charge in [-0.3, -0.25) is 4.79 Å². The van der Waals surface area contributed by atoms with Crippen molar-refractivity contribution in [2.75, 3.05) is 0 Å². The lowest BCUT2D eigenvalue weighted by Crippen LogP contribution is -2.29. The number of halogens is 5. The summed E-state index contributed by atoms with van der Waals surface area (Å²) in [5.41, 5.74) is -3.63. The second-order valence-corrected chi connectivity index (χ2v) is 5.92. The molecule has 0 spiro atoms. The summed E-state index contributed by atoms with van der Waals surface area (Å²) < 4.78 is 68.2. The molecule has 0 unspecified atom stereocenters. The van der Waals surface area contributed by atoms with E-state index in [9.17, 15) is 26.7 Å². The van der Waals surface area contributed by atoms with E-state index in [4.69, 9.17) is 5.26 Å². The average molecular weight is 390 g/mol. The number of hydrogen-bond acceptors (Lipinski definition) is 2. The van der Waals surface area contributed by atoms with E-state index in [0.717, 1.165) is 16.7 Å². The summed E-state index contributed by atoms with van der Waals surface area (Å²) in [6, 6.07) is 12.4. The summed E-state index contributed by atoms with van der Waals surface area (Å²) in [6.07, 6.45) is -4.92. The van der Waals surface area contributed by atoms with Gasteiger partial charge in [-0.15, -0.1) is 0 Å². The van der Waals surface area contributed by atoms with Crippen molar-refractivity contribution in [3.8, 4) is 17.3 Å². The standard InChI is InChI=1S/C20H11F5N2O/c21-14-7-6-13(17(22)8-14)11-27-18(12-4-2-1-3-5-12)9-16(20(23,24)25)15(10-26)19(27)28/h1-9H,11H2. The zero-order chi connectivity index (χ0) is 20.5. The van der Waals surface area contributed by atoms with Gasteiger partial charge in [-0.05, 0) is 17.7 Å². The van der Waals surface area contributed by atoms with Crippen molar-refractivity contribution >= 4 is 0 Å². The van der Waals surface area contributed by atoms with Crippen LogP contribution in [-0.2, 0) is 12.7 Å². The highest BCUT2D eigenvalue weighted by atomic mass is 19.4. The van der Waals surface area contributed by atoms with Crippen LogP contribution in [0.4, 0.5) is 22.0 Å². The van der Waals surface area contributed by atoms with Gasteiger partial charge in [-0.25, -0.2) is 8.78 Å². The van der Waals surface area contributed by atoms with Crippen LogP contribution < -0.4 is 5.56 Å². The molecule has 1 heterocycles. The first-order chi connectivity index (χ1) is 13.2. The molecule has 0 radical (unpaired) electrons. The first kappa shape index (κ1) is 19.3. The fourth-order valence-corrected chi connectivity index (χ4v) is 2.80. The number of alkyl halides is 3. The minimum absolute atomic E-state index is 0.107. The van der Waals surface area contributed by atoms with Crippen molar-refractivity contribution in [1.29, 1.82) is 5.26 Å². The highest BCUT2D eigenvalue weighted by Crippen LogP contribution is 2.33. The first-order valence-corrected chi connectivity index (χ1v) is 7.97. The molecule has 0 atom stereocenters. The summed E-state index contributed by atoms with van der Waals surface area (Å²) in [4.78, 5) is 12.7. The lowest BCUT2D eigenvalue weighted by molar-refractivity contribution is -0.137. The molecular weight excluding hydrogens is 379 g/mol. The van der Waals surface area contributed by atoms with Crippen molar-refractivity contribution in [3.63, 3.8) is 0 Å². The predicted molar refractivity (Wildman–Crippen MR) is 91.3 cm³/mol. The van der Waals surface area contributed by atoms with Gasteiger partial charge in [-0.2, -0.15) is 18.4 Å². The third kappa shape index (κ3) is 3.64. The predicted octanol–water partition coefficient (Wildman–Crippen LogP) is 4.73. The van der Waals surface area contributed by atoms with Gasteiger partial charge in [0.05, 0.1) is 17.8 Å². The minimum Gasteiger partial charge on any atom is -0.303 e. The van der Waals surface area contributed by atoms with Crippen LogP contribution in [0.15, 0.2) is 59.4 Å². The lowest BCUT2D eigenvalue weighted by Gasteiger charge is -2.18. The Kier molecular flexibility index (Phi) is 5.01. The monoisotopic (exact) mass is 390 g/mol. The van der Waals surface area contributed by atoms with E-state index in [-0.39, 0.29) is 16.8 Å². The lowest BCUT2D eigenvalue weighted by atomic mass is 10.0. The topological polar surface area (TPSA) is 45.8 Å². The van der Waals surface area contributed by atoms with Crippen molar-refractivity contribution in [3.05, 3.63) is 93.3 Å². The van der Waals surface area contributed by atoms with E-state index < -0.39 is 41.0 Å². The van der Waals surface area contributed by atoms with E-state index in [0.29, 0.717) is 12.1 Å². The Hall–Kier alpha value is -3.47. The van der Waals surface area contributed by atoms with Crippen LogP contribution in [0.3, 0.4) is 0 Å². The number of nitrogens with zero attached hydrogens (tertiary/aromatic N) is 2. The zero-order valence-electron chi connectivity index (χ0n) is 14.1. The normalized spacial score (nSPS) is 11.3. The molecule has 28 heavy (non-hydrogen) atoms. The maximum absolute atomic E-state index is 14.1. The number of pyridine rings is 1. The van der Waals surface area contributed by atoms with Crippen LogP contribution in [-0.4, -0.2) is 4.57 Å². The second kappa shape index (κ2) is 7.27. The summed E-state index contributed by atoms with van der Waals surface area (Å²) in [5, 5.41) is 9.12. The van der Waals surface area contributed by atoms with E-state index in [1.165, 1.54) is 18.2 Å². The Morgan fingerprint density at radius 3 is 2.25 bits per heavy atom. The molecule has 8 heteroatoms. The summed E-state index contributed by atoms with van der Waals surface area (Å²) >= 11 is 0. The molecule has 3 aromatic rings. The Labute approximate surface area is 155 Å². The van der Waals surface area contributed by atoms with Crippen LogP contribution in [0.25, 0.3) is 11.3 Å². The molecule has 0 N–H and O–H groups in total. The molecule has 3 rings (SSSR count). The summed E-state index contributed by atoms with van der Waals surface area (Å²) in [6.45, 7) is -0.470. The van der Waals surface area contributed by atoms with Crippen molar-refractivity contribution < 1.29 is 22.0 Å². The van der Waals surface area contributed by atoms with Gasteiger partial charge < -0.3 is 4.57 Å². The van der Waals surface area contributed by atoms with Gasteiger partial charge in [0, 0.05) is 11.6 Å². The molecule has 2 aromatic carbocycles. The number of hydrogen-bond donors (Lipinski definition) is 0. The van der Waals surface area contributed by atoms with Crippen molar-refractivity contribution in [2.24, 2.45) is 0 Å². The van der Waals surface area contributed by atoms with Gasteiger partial charge in [0.1, 0.15) is 23.3 Å². The van der Waals surface area contributed by atoms with Crippen LogP contribution >= 0.6 is 0 Å². The fraction of sp³-hybridized carbons (Fsp3) is 0.100. The largest absolute Gasteiger partial charge is 0.417 e. The number of aromatic nitrogens is 1.